The summed E-state index contributed by atoms with van der Waals surface area (Å²) in [5.74, 6) is 2.35. The van der Waals surface area contributed by atoms with Crippen LogP contribution in [-0.2, 0) is 27.3 Å². The number of fused-ring (bicyclic) bond motifs is 1. The lowest BCUT2D eigenvalue weighted by molar-refractivity contribution is -0.145. The number of aromatic nitrogens is 3. The summed E-state index contributed by atoms with van der Waals surface area (Å²) < 4.78 is 10.5. The number of aryl methyl sites for hydroxylation is 1. The number of pyridine rings is 1. The van der Waals surface area contributed by atoms with Gasteiger partial charge in [0.25, 0.3) is 0 Å². The standard InChI is InChI=1S/C31H39N7O4/c1-3-41-30(39)26(37-31(40)42-19-22-8-5-4-6-9-22)18-33-27-21(2)29(35-20-34-27)38-16-13-23(14-17-38)25-12-11-24-10-7-15-32-28(24)36-25/h4-6,8-9,11-12,20,23,26H,3,7,10,13-19H2,1-2H3,(H,32,36)(H,37,40)(H,33,34,35). The van der Waals surface area contributed by atoms with E-state index in [0.717, 1.165) is 73.8 Å². The van der Waals surface area contributed by atoms with E-state index in [1.54, 1.807) is 6.92 Å². The molecule has 5 rings (SSSR count). The molecular weight excluding hydrogens is 534 g/mol. The molecule has 11 heteroatoms. The molecule has 0 saturated carbocycles. The van der Waals surface area contributed by atoms with Crippen molar-refractivity contribution in [3.63, 3.8) is 0 Å². The molecule has 0 aliphatic carbocycles. The third kappa shape index (κ3) is 7.26. The lowest BCUT2D eigenvalue weighted by Crippen LogP contribution is -2.46. The molecular formula is C31H39N7O4. The average molecular weight is 574 g/mol. The van der Waals surface area contributed by atoms with E-state index in [0.29, 0.717) is 11.7 Å². The summed E-state index contributed by atoms with van der Waals surface area (Å²) >= 11 is 0. The van der Waals surface area contributed by atoms with Gasteiger partial charge in [0.05, 0.1) is 6.61 Å². The quantitative estimate of drug-likeness (QED) is 0.304. The van der Waals surface area contributed by atoms with Gasteiger partial charge in [-0.05, 0) is 56.7 Å². The van der Waals surface area contributed by atoms with E-state index in [2.05, 4.69) is 43.0 Å². The van der Waals surface area contributed by atoms with Gasteiger partial charge in [0, 0.05) is 43.4 Å². The van der Waals surface area contributed by atoms with Crippen LogP contribution in [0.3, 0.4) is 0 Å². The van der Waals surface area contributed by atoms with E-state index in [4.69, 9.17) is 14.5 Å². The van der Waals surface area contributed by atoms with Crippen LogP contribution in [0.4, 0.5) is 22.2 Å². The number of nitrogens with one attached hydrogen (secondary N) is 3. The van der Waals surface area contributed by atoms with Crippen molar-refractivity contribution in [1.29, 1.82) is 0 Å². The molecule has 3 aromatic rings. The maximum Gasteiger partial charge on any atom is 0.408 e. The van der Waals surface area contributed by atoms with Gasteiger partial charge in [-0.25, -0.2) is 24.5 Å². The van der Waals surface area contributed by atoms with Crippen molar-refractivity contribution in [1.82, 2.24) is 20.3 Å². The molecule has 2 aliphatic rings. The van der Waals surface area contributed by atoms with Crippen LogP contribution in [0, 0.1) is 6.92 Å². The van der Waals surface area contributed by atoms with E-state index in [9.17, 15) is 9.59 Å². The van der Waals surface area contributed by atoms with E-state index in [1.165, 1.54) is 11.9 Å². The number of esters is 1. The summed E-state index contributed by atoms with van der Waals surface area (Å²) in [4.78, 5) is 41.3. The highest BCUT2D eigenvalue weighted by atomic mass is 16.6. The van der Waals surface area contributed by atoms with Crippen LogP contribution in [-0.4, -0.2) is 65.8 Å². The Labute approximate surface area is 246 Å². The molecule has 1 fully saturated rings. The van der Waals surface area contributed by atoms with Crippen molar-refractivity contribution in [2.24, 2.45) is 0 Å². The highest BCUT2D eigenvalue weighted by Gasteiger charge is 2.27. The monoisotopic (exact) mass is 573 g/mol. The Hall–Kier alpha value is -4.41. The molecule has 1 unspecified atom stereocenters. The van der Waals surface area contributed by atoms with E-state index >= 15 is 0 Å². The highest BCUT2D eigenvalue weighted by molar-refractivity contribution is 5.82. The zero-order valence-corrected chi connectivity index (χ0v) is 24.3. The second-order valence-electron chi connectivity index (χ2n) is 10.6. The Morgan fingerprint density at radius 1 is 1.10 bits per heavy atom. The zero-order valence-electron chi connectivity index (χ0n) is 24.3. The first-order valence-electron chi connectivity index (χ1n) is 14.7. The van der Waals surface area contributed by atoms with Gasteiger partial charge in [-0.2, -0.15) is 0 Å². The first-order chi connectivity index (χ1) is 20.5. The van der Waals surface area contributed by atoms with Crippen LogP contribution in [0.1, 0.15) is 54.5 Å². The predicted molar refractivity (Wildman–Crippen MR) is 161 cm³/mol. The summed E-state index contributed by atoms with van der Waals surface area (Å²) in [5, 5.41) is 9.27. The Morgan fingerprint density at radius 2 is 1.90 bits per heavy atom. The van der Waals surface area contributed by atoms with Gasteiger partial charge >= 0.3 is 12.1 Å². The number of anilines is 3. The predicted octanol–water partition coefficient (Wildman–Crippen LogP) is 4.19. The van der Waals surface area contributed by atoms with Crippen LogP contribution < -0.4 is 20.9 Å². The van der Waals surface area contributed by atoms with Crippen LogP contribution in [0.5, 0.6) is 0 Å². The van der Waals surface area contributed by atoms with Crippen molar-refractivity contribution >= 4 is 29.5 Å². The fourth-order valence-corrected chi connectivity index (χ4v) is 5.44. The zero-order chi connectivity index (χ0) is 29.3. The van der Waals surface area contributed by atoms with E-state index in [1.807, 2.05) is 37.3 Å². The first-order valence-corrected chi connectivity index (χ1v) is 14.7. The van der Waals surface area contributed by atoms with Crippen LogP contribution in [0.2, 0.25) is 0 Å². The lowest BCUT2D eigenvalue weighted by atomic mass is 9.92. The lowest BCUT2D eigenvalue weighted by Gasteiger charge is -2.34. The molecule has 4 heterocycles. The molecule has 1 amide bonds. The summed E-state index contributed by atoms with van der Waals surface area (Å²) in [6.45, 7) is 6.75. The molecule has 0 spiro atoms. The van der Waals surface area contributed by atoms with E-state index < -0.39 is 18.1 Å². The average Bonchev–Trinajstić information content (AvgIpc) is 3.03. The van der Waals surface area contributed by atoms with Crippen molar-refractivity contribution in [2.75, 3.05) is 48.3 Å². The molecule has 42 heavy (non-hydrogen) atoms. The Bertz CT molecular complexity index is 1360. The maximum absolute atomic E-state index is 12.6. The number of ether oxygens (including phenoxy) is 2. The van der Waals surface area contributed by atoms with Gasteiger partial charge < -0.3 is 30.3 Å². The molecule has 1 atom stereocenters. The number of rotatable bonds is 10. The van der Waals surface area contributed by atoms with Gasteiger partial charge in [-0.1, -0.05) is 36.4 Å². The van der Waals surface area contributed by atoms with Gasteiger partial charge in [0.1, 0.15) is 36.4 Å². The fourth-order valence-electron chi connectivity index (χ4n) is 5.44. The van der Waals surface area contributed by atoms with Gasteiger partial charge in [-0.3, -0.25) is 0 Å². The SMILES string of the molecule is CCOC(=O)C(CNc1ncnc(N2CCC(c3ccc4c(n3)NCCC4)CC2)c1C)NC(=O)OCc1ccccc1. The normalized spacial score (nSPS) is 15.6. The third-order valence-electron chi connectivity index (χ3n) is 7.74. The minimum Gasteiger partial charge on any atom is -0.464 e. The van der Waals surface area contributed by atoms with Crippen molar-refractivity contribution in [3.05, 3.63) is 71.2 Å². The third-order valence-corrected chi connectivity index (χ3v) is 7.74. The number of amides is 1. The molecule has 3 N–H and O–H groups in total. The number of carbonyl (C=O) groups excluding carboxylic acids is 2. The minimum atomic E-state index is -0.958. The number of nitrogens with zero attached hydrogens (tertiary/aromatic N) is 4. The molecule has 1 saturated heterocycles. The summed E-state index contributed by atoms with van der Waals surface area (Å²) in [7, 11) is 0. The summed E-state index contributed by atoms with van der Waals surface area (Å²) in [5.41, 5.74) is 4.19. The van der Waals surface area contributed by atoms with Crippen LogP contribution in [0.15, 0.2) is 48.8 Å². The minimum absolute atomic E-state index is 0.0800. The highest BCUT2D eigenvalue weighted by Crippen LogP contribution is 2.33. The van der Waals surface area contributed by atoms with Gasteiger partial charge in [-0.15, -0.1) is 0 Å². The molecule has 11 nitrogen and oxygen atoms in total. The number of alkyl carbamates (subject to hydrolysis) is 1. The van der Waals surface area contributed by atoms with Crippen molar-refractivity contribution in [3.8, 4) is 0 Å². The second-order valence-corrected chi connectivity index (χ2v) is 10.6. The number of hydrogen-bond donors (Lipinski definition) is 3. The molecule has 222 valence electrons. The van der Waals surface area contributed by atoms with Gasteiger partial charge in [0.15, 0.2) is 0 Å². The number of hydrogen-bond acceptors (Lipinski definition) is 10. The fraction of sp³-hybridized carbons (Fsp3) is 0.452. The summed E-state index contributed by atoms with van der Waals surface area (Å²) in [6.07, 6.45) is 5.03. The van der Waals surface area contributed by atoms with Gasteiger partial charge in [0.2, 0.25) is 0 Å². The van der Waals surface area contributed by atoms with Crippen molar-refractivity contribution < 1.29 is 19.1 Å². The second kappa shape index (κ2) is 14.0. The smallest absolute Gasteiger partial charge is 0.408 e. The number of carbonyl (C=O) groups is 2. The van der Waals surface area contributed by atoms with Crippen LogP contribution in [0.25, 0.3) is 0 Å². The van der Waals surface area contributed by atoms with Crippen molar-refractivity contribution in [2.45, 2.75) is 58.1 Å². The molecule has 0 bridgehead atoms. The first kappa shape index (κ1) is 29.1. The summed E-state index contributed by atoms with van der Waals surface area (Å²) in [6, 6.07) is 12.8. The van der Waals surface area contributed by atoms with Crippen LogP contribution >= 0.6 is 0 Å². The largest absolute Gasteiger partial charge is 0.464 e. The molecule has 2 aliphatic heterocycles. The van der Waals surface area contributed by atoms with E-state index in [-0.39, 0.29) is 19.8 Å². The molecule has 0 radical (unpaired) electrons. The Balaban J connectivity index is 1.18. The maximum atomic E-state index is 12.6. The number of benzene rings is 1. The topological polar surface area (TPSA) is 131 Å². The Morgan fingerprint density at radius 3 is 2.69 bits per heavy atom. The Kier molecular flexibility index (Phi) is 9.68. The molecule has 1 aromatic carbocycles. The molecule has 2 aromatic heterocycles. The number of piperidine rings is 1.